The molecule has 0 aliphatic heterocycles. The predicted molar refractivity (Wildman–Crippen MR) is 357 cm³/mol. The lowest BCUT2D eigenvalue weighted by molar-refractivity contribution is -0.166. The van der Waals surface area contributed by atoms with Gasteiger partial charge in [-0.2, -0.15) is 10.2 Å². The first-order valence-electron chi connectivity index (χ1n) is 29.2. The fraction of sp³-hybridized carbons (Fsp3) is 0.257. The van der Waals surface area contributed by atoms with Crippen LogP contribution in [0.2, 0.25) is 10.0 Å². The summed E-state index contributed by atoms with van der Waals surface area (Å²) in [7, 11) is 3.71. The monoisotopic (exact) mass is 1320 g/mol. The topological polar surface area (TPSA) is 169 Å². The van der Waals surface area contributed by atoms with Gasteiger partial charge in [0.2, 0.25) is 0 Å². The van der Waals surface area contributed by atoms with Gasteiger partial charge in [0.15, 0.2) is 12.2 Å². The minimum atomic E-state index is -2.79. The quantitative estimate of drug-likeness (QED) is 0.0762. The highest BCUT2D eigenvalue weighted by atomic mass is 35.5. The summed E-state index contributed by atoms with van der Waals surface area (Å²) < 4.78 is 80.6. The second-order valence-electron chi connectivity index (χ2n) is 24.0. The summed E-state index contributed by atoms with van der Waals surface area (Å²) in [6.45, 7) is 16.6. The van der Waals surface area contributed by atoms with E-state index in [0.29, 0.717) is 85.3 Å². The lowest BCUT2D eigenvalue weighted by Gasteiger charge is -2.29. The van der Waals surface area contributed by atoms with Gasteiger partial charge in [-0.3, -0.25) is 19.3 Å². The number of hydrogen-bond acceptors (Lipinski definition) is 13. The molecule has 92 heavy (non-hydrogen) atoms. The smallest absolute Gasteiger partial charge is 0.339 e. The van der Waals surface area contributed by atoms with Crippen molar-refractivity contribution < 1.29 is 46.5 Å². The number of halogens is 6. The molecule has 0 amide bonds. The molecular weight excluding hydrogens is 1260 g/mol. The summed E-state index contributed by atoms with van der Waals surface area (Å²) in [5, 5.41) is 22.6. The summed E-state index contributed by atoms with van der Waals surface area (Å²) >= 11 is 15.0. The Morgan fingerprint density at radius 1 is 0.565 bits per heavy atom. The number of aryl methyl sites for hydroxylation is 4. The number of rotatable bonds is 15. The van der Waals surface area contributed by atoms with Crippen LogP contribution < -0.4 is 0 Å². The van der Waals surface area contributed by atoms with E-state index in [1.165, 1.54) is 35.1 Å². The number of hydrogen-bond donors (Lipinski definition) is 1. The van der Waals surface area contributed by atoms with Gasteiger partial charge in [-0.25, -0.2) is 37.1 Å². The Morgan fingerprint density at radius 3 is 1.34 bits per heavy atom. The summed E-state index contributed by atoms with van der Waals surface area (Å²) in [5.74, 6) is -1.66. The van der Waals surface area contributed by atoms with E-state index >= 15 is 0 Å². The van der Waals surface area contributed by atoms with Gasteiger partial charge in [0.05, 0.1) is 73.1 Å². The number of carbonyl (C=O) groups is 2. The molecule has 0 saturated heterocycles. The van der Waals surface area contributed by atoms with Gasteiger partial charge in [-0.05, 0) is 157 Å². The zero-order valence-corrected chi connectivity index (χ0v) is 55.0. The maximum absolute atomic E-state index is 14.5. The van der Waals surface area contributed by atoms with Crippen molar-refractivity contribution in [1.82, 2.24) is 39.5 Å². The van der Waals surface area contributed by atoms with E-state index in [2.05, 4.69) is 20.2 Å². The van der Waals surface area contributed by atoms with Crippen LogP contribution in [-0.2, 0) is 37.9 Å². The molecule has 1 N–H and O–H groups in total. The normalized spacial score (nSPS) is 12.8. The fourth-order valence-corrected chi connectivity index (χ4v) is 13.7. The van der Waals surface area contributed by atoms with Crippen LogP contribution in [0.25, 0.3) is 108 Å². The molecule has 472 valence electrons. The van der Waals surface area contributed by atoms with Gasteiger partial charge in [0, 0.05) is 103 Å². The average molecular weight is 1320 g/mol. The number of carbonyl (C=O) groups excluding carboxylic acids is 1. The lowest BCUT2D eigenvalue weighted by atomic mass is 9.91. The summed E-state index contributed by atoms with van der Waals surface area (Å²) in [5.41, 5.74) is 9.50. The van der Waals surface area contributed by atoms with E-state index in [0.717, 1.165) is 44.1 Å². The van der Waals surface area contributed by atoms with E-state index in [1.807, 2.05) is 96.4 Å². The lowest BCUT2D eigenvalue weighted by Crippen LogP contribution is -2.29. The van der Waals surface area contributed by atoms with Crippen LogP contribution in [0.5, 0.6) is 0 Å². The van der Waals surface area contributed by atoms with Crippen LogP contribution in [0.3, 0.4) is 0 Å². The molecule has 22 heteroatoms. The molecule has 0 saturated carbocycles. The van der Waals surface area contributed by atoms with Crippen molar-refractivity contribution in [3.8, 4) is 65.9 Å². The van der Waals surface area contributed by atoms with Crippen molar-refractivity contribution in [2.75, 3.05) is 6.61 Å². The SMILES string of the molecule is CCOC(=O)[C@@H](OC(C)(C)C)c1c(C)cc2nc(-c3cc(-c4ccc5c(cnn5C)c4)ncc3C(F)F)sc2c1-c1ccc(Cl)cc1.Cc1cc2nc(-c3cc(-c4ccc5c(cnn5C)c4)ncc3C(F)F)sc2c(-c2ccc(Cl)cc2)c1[C@H](OC(C)(C)C)C(=O)O. The third-order valence-corrected chi connectivity index (χ3v) is 17.9. The van der Waals surface area contributed by atoms with Crippen LogP contribution in [0.4, 0.5) is 17.6 Å². The third kappa shape index (κ3) is 13.4. The number of esters is 1. The van der Waals surface area contributed by atoms with Crippen molar-refractivity contribution in [2.24, 2.45) is 14.1 Å². The Balaban J connectivity index is 0.000000189. The molecule has 2 atom stereocenters. The maximum atomic E-state index is 14.5. The minimum Gasteiger partial charge on any atom is -0.479 e. The van der Waals surface area contributed by atoms with Crippen LogP contribution >= 0.6 is 45.9 Å². The molecule has 14 nitrogen and oxygen atoms in total. The molecule has 6 aromatic carbocycles. The number of carboxylic acid groups (broad SMARTS) is 1. The first kappa shape index (κ1) is 65.0. The predicted octanol–water partition coefficient (Wildman–Crippen LogP) is 19.3. The molecule has 12 aromatic rings. The summed E-state index contributed by atoms with van der Waals surface area (Å²) in [6.07, 6.45) is -2.00. The Labute approximate surface area is 545 Å². The Hall–Kier alpha value is -8.50. The molecule has 6 aromatic heterocycles. The number of pyridine rings is 2. The minimum absolute atomic E-state index is 0.180. The molecule has 6 heterocycles. The highest BCUT2D eigenvalue weighted by molar-refractivity contribution is 7.22. The average Bonchev–Trinajstić information content (AvgIpc) is 1.51. The van der Waals surface area contributed by atoms with Crippen LogP contribution in [-0.4, -0.2) is 74.4 Å². The van der Waals surface area contributed by atoms with Gasteiger partial charge >= 0.3 is 11.9 Å². The van der Waals surface area contributed by atoms with Crippen LogP contribution in [0.15, 0.2) is 134 Å². The Kier molecular flexibility index (Phi) is 18.3. The molecule has 0 aliphatic rings. The number of thiazole rings is 2. The largest absolute Gasteiger partial charge is 0.479 e. The number of fused-ring (bicyclic) bond motifs is 4. The van der Waals surface area contributed by atoms with Gasteiger partial charge in [-0.1, -0.05) is 59.6 Å². The van der Waals surface area contributed by atoms with Crippen molar-refractivity contribution in [1.29, 1.82) is 0 Å². The second kappa shape index (κ2) is 25.9. The number of alkyl halides is 4. The first-order valence-corrected chi connectivity index (χ1v) is 31.6. The van der Waals surface area contributed by atoms with Crippen LogP contribution in [0.1, 0.15) is 107 Å². The molecular formula is C70H62Cl2F4N8O6S2. The molecule has 0 bridgehead atoms. The van der Waals surface area contributed by atoms with Crippen molar-refractivity contribution in [3.63, 3.8) is 0 Å². The first-order chi connectivity index (χ1) is 43.6. The van der Waals surface area contributed by atoms with E-state index < -0.39 is 48.2 Å². The summed E-state index contributed by atoms with van der Waals surface area (Å²) in [6, 6.07) is 32.7. The highest BCUT2D eigenvalue weighted by Crippen LogP contribution is 2.49. The van der Waals surface area contributed by atoms with Crippen molar-refractivity contribution in [3.05, 3.63) is 177 Å². The standard InChI is InChI=1S/C36H33ClF2N4O3S.C34H29ClF2N4O3S/c1-7-45-35(44)31(46-36(3,4)5)29-19(2)14-27-32(30(29)20-8-11-23(37)12-9-20)47-34(42-27)24-16-26(40-18-25(24)33(38)39)21-10-13-28-22(15-21)17-41-43(28)6;1-17-12-25-30(28(18-6-9-21(35)10-7-18)27(17)29(33(42)43)44-34(2,3)4)45-32(40-25)22-14-24(38-16-23(22)31(36)37)19-8-11-26-20(13-19)15-39-41(26)5/h8-18,31,33H,7H2,1-6H3;6-16,29,31H,1-5H3,(H,42,43)/t31-;29-/m00/s1. The number of ether oxygens (including phenoxy) is 3. The maximum Gasteiger partial charge on any atom is 0.339 e. The van der Waals surface area contributed by atoms with E-state index in [4.69, 9.17) is 47.4 Å². The molecule has 0 unspecified atom stereocenters. The van der Waals surface area contributed by atoms with Gasteiger partial charge in [-0.15, -0.1) is 22.7 Å². The molecule has 12 rings (SSSR count). The van der Waals surface area contributed by atoms with Crippen molar-refractivity contribution >= 4 is 100 Å². The summed E-state index contributed by atoms with van der Waals surface area (Å²) in [4.78, 5) is 44.6. The van der Waals surface area contributed by atoms with Gasteiger partial charge in [0.25, 0.3) is 12.9 Å². The third-order valence-electron chi connectivity index (χ3n) is 15.2. The van der Waals surface area contributed by atoms with Gasteiger partial charge < -0.3 is 19.3 Å². The zero-order valence-electron chi connectivity index (χ0n) is 51.9. The number of aromatic nitrogens is 8. The highest BCUT2D eigenvalue weighted by Gasteiger charge is 2.36. The molecule has 0 radical (unpaired) electrons. The number of benzene rings is 6. The van der Waals surface area contributed by atoms with Gasteiger partial charge in [0.1, 0.15) is 10.0 Å². The number of carboxylic acids is 1. The van der Waals surface area contributed by atoms with Crippen molar-refractivity contribution in [2.45, 2.75) is 98.6 Å². The zero-order chi connectivity index (χ0) is 65.8. The fourth-order valence-electron chi connectivity index (χ4n) is 11.1. The number of nitrogens with zero attached hydrogens (tertiary/aromatic N) is 8. The Bertz CT molecular complexity index is 4810. The number of aliphatic carboxylic acids is 1. The van der Waals surface area contributed by atoms with E-state index in [1.54, 1.807) is 111 Å². The van der Waals surface area contributed by atoms with E-state index in [9.17, 15) is 32.3 Å². The van der Waals surface area contributed by atoms with E-state index in [-0.39, 0.29) is 28.9 Å². The second-order valence-corrected chi connectivity index (χ2v) is 26.9. The molecule has 0 aliphatic carbocycles. The molecule has 0 fully saturated rings. The van der Waals surface area contributed by atoms with Crippen LogP contribution in [0, 0.1) is 13.8 Å². The molecule has 0 spiro atoms. The Morgan fingerprint density at radius 2 is 0.957 bits per heavy atom.